The van der Waals surface area contributed by atoms with Crippen molar-refractivity contribution in [3.63, 3.8) is 0 Å². The van der Waals surface area contributed by atoms with Gasteiger partial charge in [-0.3, -0.25) is 5.41 Å². The highest BCUT2D eigenvalue weighted by atomic mass is 35.5. The van der Waals surface area contributed by atoms with E-state index in [1.807, 2.05) is 0 Å². The largest absolute Gasteiger partial charge is 0.482 e. The lowest BCUT2D eigenvalue weighted by Gasteiger charge is -2.12. The smallest absolute Gasteiger partial charge is 0.214 e. The third-order valence-corrected chi connectivity index (χ3v) is 2.29. The zero-order chi connectivity index (χ0) is 10.7. The minimum absolute atomic E-state index is 0.255. The van der Waals surface area contributed by atoms with Crippen LogP contribution < -0.4 is 0 Å². The lowest BCUT2D eigenvalue weighted by atomic mass is 10.1. The van der Waals surface area contributed by atoms with Gasteiger partial charge in [0.25, 0.3) is 0 Å². The summed E-state index contributed by atoms with van der Waals surface area (Å²) in [5, 5.41) is 17.6. The molecule has 1 atom stereocenters. The van der Waals surface area contributed by atoms with Crippen LogP contribution in [0.4, 0.5) is 0 Å². The van der Waals surface area contributed by atoms with E-state index >= 15 is 0 Å². The summed E-state index contributed by atoms with van der Waals surface area (Å²) < 4.78 is 4.59. The normalized spacial score (nSPS) is 12.3. The molecule has 0 aromatic heterocycles. The fourth-order valence-electron chi connectivity index (χ4n) is 0.976. The molecule has 5 heteroatoms. The number of ether oxygens (including phenoxy) is 1. The number of rotatable bonds is 2. The molecule has 1 aromatic carbocycles. The van der Waals surface area contributed by atoms with E-state index < -0.39 is 6.10 Å². The summed E-state index contributed by atoms with van der Waals surface area (Å²) in [6.45, 7) is 0. The van der Waals surface area contributed by atoms with Gasteiger partial charge in [-0.2, -0.15) is 0 Å². The molecule has 0 saturated carbocycles. The highest BCUT2D eigenvalue weighted by molar-refractivity contribution is 6.35. The van der Waals surface area contributed by atoms with E-state index in [-0.39, 0.29) is 5.90 Å². The Kier molecular flexibility index (Phi) is 3.75. The molecule has 0 heterocycles. The van der Waals surface area contributed by atoms with Crippen LogP contribution in [0.5, 0.6) is 0 Å². The molecule has 76 valence electrons. The van der Waals surface area contributed by atoms with Gasteiger partial charge >= 0.3 is 0 Å². The van der Waals surface area contributed by atoms with Gasteiger partial charge < -0.3 is 9.84 Å². The molecule has 0 fully saturated rings. The van der Waals surface area contributed by atoms with E-state index in [1.165, 1.54) is 13.2 Å². The van der Waals surface area contributed by atoms with Crippen LogP contribution in [-0.2, 0) is 4.74 Å². The maximum absolute atomic E-state index is 9.58. The Morgan fingerprint density at radius 2 is 2.14 bits per heavy atom. The average molecular weight is 234 g/mol. The minimum Gasteiger partial charge on any atom is -0.482 e. The zero-order valence-electron chi connectivity index (χ0n) is 7.42. The third-order valence-electron chi connectivity index (χ3n) is 1.73. The van der Waals surface area contributed by atoms with Crippen LogP contribution in [-0.4, -0.2) is 18.1 Å². The standard InChI is InChI=1S/C9H9Cl2NO2/c1-14-9(12)8(13)6-3-2-5(10)4-7(6)11/h2-4,8,12-13H,1H3. The van der Waals surface area contributed by atoms with Gasteiger partial charge in [0.15, 0.2) is 6.10 Å². The van der Waals surface area contributed by atoms with Gasteiger partial charge in [-0.1, -0.05) is 29.3 Å². The second-order valence-electron chi connectivity index (χ2n) is 2.64. The van der Waals surface area contributed by atoms with Crippen molar-refractivity contribution in [2.75, 3.05) is 7.11 Å². The number of hydrogen-bond acceptors (Lipinski definition) is 3. The molecular formula is C9H9Cl2NO2. The number of nitrogens with one attached hydrogen (secondary N) is 1. The Morgan fingerprint density at radius 3 is 2.64 bits per heavy atom. The molecular weight excluding hydrogens is 225 g/mol. The monoisotopic (exact) mass is 233 g/mol. The number of aliphatic hydroxyl groups excluding tert-OH is 1. The SMILES string of the molecule is COC(=N)C(O)c1ccc(Cl)cc1Cl. The van der Waals surface area contributed by atoms with Crippen molar-refractivity contribution in [3.8, 4) is 0 Å². The summed E-state index contributed by atoms with van der Waals surface area (Å²) in [4.78, 5) is 0. The van der Waals surface area contributed by atoms with Gasteiger partial charge in [0.05, 0.1) is 7.11 Å². The van der Waals surface area contributed by atoms with Gasteiger partial charge in [0.2, 0.25) is 5.90 Å². The van der Waals surface area contributed by atoms with E-state index in [2.05, 4.69) is 4.74 Å². The maximum Gasteiger partial charge on any atom is 0.214 e. The van der Waals surface area contributed by atoms with E-state index in [9.17, 15) is 5.11 Å². The summed E-state index contributed by atoms with van der Waals surface area (Å²) in [5.41, 5.74) is 0.405. The molecule has 2 N–H and O–H groups in total. The molecule has 1 rings (SSSR count). The summed E-state index contributed by atoms with van der Waals surface area (Å²) in [7, 11) is 1.31. The molecule has 0 bridgehead atoms. The zero-order valence-corrected chi connectivity index (χ0v) is 8.93. The Balaban J connectivity index is 3.01. The van der Waals surface area contributed by atoms with E-state index in [4.69, 9.17) is 28.6 Å². The van der Waals surface area contributed by atoms with Crippen molar-refractivity contribution in [3.05, 3.63) is 33.8 Å². The first kappa shape index (κ1) is 11.3. The molecule has 1 unspecified atom stereocenters. The van der Waals surface area contributed by atoms with Gasteiger partial charge in [-0.15, -0.1) is 0 Å². The van der Waals surface area contributed by atoms with Crippen LogP contribution in [0.3, 0.4) is 0 Å². The molecule has 0 radical (unpaired) electrons. The first-order valence-corrected chi connectivity index (χ1v) is 4.57. The molecule has 0 spiro atoms. The number of aliphatic hydroxyl groups is 1. The molecule has 0 aliphatic heterocycles. The molecule has 0 amide bonds. The van der Waals surface area contributed by atoms with Crippen molar-refractivity contribution < 1.29 is 9.84 Å². The Morgan fingerprint density at radius 1 is 1.50 bits per heavy atom. The summed E-state index contributed by atoms with van der Waals surface area (Å²) in [6, 6.07) is 4.66. The van der Waals surface area contributed by atoms with Crippen molar-refractivity contribution in [2.45, 2.75) is 6.10 Å². The van der Waals surface area contributed by atoms with Crippen molar-refractivity contribution >= 4 is 29.1 Å². The number of halogens is 2. The van der Waals surface area contributed by atoms with Gasteiger partial charge in [-0.05, 0) is 12.1 Å². The van der Waals surface area contributed by atoms with E-state index in [0.29, 0.717) is 15.6 Å². The van der Waals surface area contributed by atoms with Gasteiger partial charge in [-0.25, -0.2) is 0 Å². The van der Waals surface area contributed by atoms with Crippen LogP contribution in [0, 0.1) is 5.41 Å². The van der Waals surface area contributed by atoms with Crippen LogP contribution in [0.25, 0.3) is 0 Å². The Labute approximate surface area is 91.7 Å². The average Bonchev–Trinajstić information content (AvgIpc) is 2.15. The second-order valence-corrected chi connectivity index (χ2v) is 3.48. The quantitative estimate of drug-likeness (QED) is 0.610. The van der Waals surface area contributed by atoms with Crippen LogP contribution in [0.1, 0.15) is 11.7 Å². The van der Waals surface area contributed by atoms with Crippen LogP contribution >= 0.6 is 23.2 Å². The first-order chi connectivity index (χ1) is 6.56. The predicted molar refractivity (Wildman–Crippen MR) is 56.2 cm³/mol. The molecule has 0 saturated heterocycles. The van der Waals surface area contributed by atoms with Crippen molar-refractivity contribution in [1.29, 1.82) is 5.41 Å². The maximum atomic E-state index is 9.58. The highest BCUT2D eigenvalue weighted by Crippen LogP contribution is 2.26. The van der Waals surface area contributed by atoms with Crippen LogP contribution in [0.15, 0.2) is 18.2 Å². The number of benzene rings is 1. The second kappa shape index (κ2) is 4.64. The first-order valence-electron chi connectivity index (χ1n) is 3.81. The van der Waals surface area contributed by atoms with Gasteiger partial charge in [0, 0.05) is 15.6 Å². The van der Waals surface area contributed by atoms with Crippen molar-refractivity contribution in [1.82, 2.24) is 0 Å². The summed E-state index contributed by atoms with van der Waals surface area (Å²) >= 11 is 11.5. The fraction of sp³-hybridized carbons (Fsp3) is 0.222. The molecule has 3 nitrogen and oxygen atoms in total. The van der Waals surface area contributed by atoms with E-state index in [1.54, 1.807) is 12.1 Å². The summed E-state index contributed by atoms with van der Waals surface area (Å²) in [6.07, 6.45) is -1.15. The third kappa shape index (κ3) is 2.38. The predicted octanol–water partition coefficient (Wildman–Crippen LogP) is 2.65. The number of hydrogen-bond donors (Lipinski definition) is 2. The molecule has 1 aromatic rings. The minimum atomic E-state index is -1.15. The topological polar surface area (TPSA) is 53.3 Å². The fourth-order valence-corrected chi connectivity index (χ4v) is 1.49. The highest BCUT2D eigenvalue weighted by Gasteiger charge is 2.17. The van der Waals surface area contributed by atoms with Gasteiger partial charge in [0.1, 0.15) is 0 Å². The molecule has 0 aliphatic carbocycles. The molecule has 14 heavy (non-hydrogen) atoms. The number of methoxy groups -OCH3 is 1. The van der Waals surface area contributed by atoms with Crippen molar-refractivity contribution in [2.24, 2.45) is 0 Å². The Bertz CT molecular complexity index is 355. The van der Waals surface area contributed by atoms with E-state index in [0.717, 1.165) is 0 Å². The molecule has 0 aliphatic rings. The Hall–Kier alpha value is -0.770. The lowest BCUT2D eigenvalue weighted by Crippen LogP contribution is -2.12. The summed E-state index contributed by atoms with van der Waals surface area (Å²) in [5.74, 6) is -0.255. The lowest BCUT2D eigenvalue weighted by molar-refractivity contribution is 0.205. The van der Waals surface area contributed by atoms with Crippen LogP contribution in [0.2, 0.25) is 10.0 Å².